The predicted molar refractivity (Wildman–Crippen MR) is 77.6 cm³/mol. The number of aliphatic hydroxyl groups is 1. The van der Waals surface area contributed by atoms with Crippen molar-refractivity contribution in [2.45, 2.75) is 51.7 Å². The number of likely N-dealkylation sites (N-methyl/N-ethyl adjacent to an activating group) is 1. The van der Waals surface area contributed by atoms with Gasteiger partial charge in [-0.2, -0.15) is 0 Å². The molecule has 116 valence electrons. The number of carbonyl (C=O) groups is 2. The molecule has 6 nitrogen and oxygen atoms in total. The van der Waals surface area contributed by atoms with Gasteiger partial charge in [0, 0.05) is 12.7 Å². The van der Waals surface area contributed by atoms with Crippen molar-refractivity contribution in [3.05, 3.63) is 22.5 Å². The van der Waals surface area contributed by atoms with E-state index in [1.165, 1.54) is 0 Å². The zero-order chi connectivity index (χ0) is 15.7. The third-order valence-corrected chi connectivity index (χ3v) is 4.38. The maximum absolute atomic E-state index is 12.7. The molecule has 1 aromatic heterocycles. The van der Waals surface area contributed by atoms with Crippen LogP contribution in [0, 0.1) is 13.8 Å². The number of rotatable bonds is 3. The molecule has 6 heteroatoms. The van der Waals surface area contributed by atoms with Gasteiger partial charge in [-0.25, -0.2) is 4.79 Å². The van der Waals surface area contributed by atoms with Gasteiger partial charge in [0.05, 0.1) is 17.7 Å². The lowest BCUT2D eigenvalue weighted by atomic mass is 9.91. The maximum atomic E-state index is 12.7. The van der Waals surface area contributed by atoms with E-state index < -0.39 is 12.1 Å². The second kappa shape index (κ2) is 5.89. The van der Waals surface area contributed by atoms with Gasteiger partial charge in [0.2, 0.25) is 0 Å². The van der Waals surface area contributed by atoms with Crippen LogP contribution in [0.1, 0.15) is 57.8 Å². The number of nitrogens with one attached hydrogen (secondary N) is 1. The van der Waals surface area contributed by atoms with E-state index in [1.54, 1.807) is 25.8 Å². The van der Waals surface area contributed by atoms with Crippen LogP contribution < -0.4 is 0 Å². The lowest BCUT2D eigenvalue weighted by Gasteiger charge is -2.35. The van der Waals surface area contributed by atoms with E-state index in [0.717, 1.165) is 19.3 Å². The summed E-state index contributed by atoms with van der Waals surface area (Å²) in [7, 11) is 1.67. The van der Waals surface area contributed by atoms with Crippen molar-refractivity contribution in [1.82, 2.24) is 9.88 Å². The van der Waals surface area contributed by atoms with Crippen molar-refractivity contribution in [1.29, 1.82) is 0 Å². The van der Waals surface area contributed by atoms with E-state index in [-0.39, 0.29) is 17.6 Å². The largest absolute Gasteiger partial charge is 0.477 e. The van der Waals surface area contributed by atoms with Crippen LogP contribution in [-0.4, -0.2) is 51.2 Å². The van der Waals surface area contributed by atoms with Gasteiger partial charge >= 0.3 is 5.97 Å². The average Bonchev–Trinajstić information content (AvgIpc) is 2.73. The number of carboxylic acids is 1. The number of H-pyrrole nitrogens is 1. The van der Waals surface area contributed by atoms with E-state index in [0.29, 0.717) is 23.2 Å². The summed E-state index contributed by atoms with van der Waals surface area (Å²) >= 11 is 0. The molecule has 0 aliphatic heterocycles. The Bertz CT molecular complexity index is 564. The summed E-state index contributed by atoms with van der Waals surface area (Å²) in [5, 5.41) is 19.2. The fraction of sp³-hybridized carbons (Fsp3) is 0.600. The fourth-order valence-electron chi connectivity index (χ4n) is 3.16. The Morgan fingerprint density at radius 3 is 2.38 bits per heavy atom. The van der Waals surface area contributed by atoms with Crippen molar-refractivity contribution in [2.75, 3.05) is 7.05 Å². The molecule has 0 saturated heterocycles. The van der Waals surface area contributed by atoms with Gasteiger partial charge in [0.25, 0.3) is 5.91 Å². The van der Waals surface area contributed by atoms with Crippen LogP contribution in [0.25, 0.3) is 0 Å². The molecule has 2 rings (SSSR count). The molecule has 1 heterocycles. The quantitative estimate of drug-likeness (QED) is 0.791. The predicted octanol–water partition coefficient (Wildman–Crippen LogP) is 1.71. The van der Waals surface area contributed by atoms with E-state index in [9.17, 15) is 14.7 Å². The smallest absolute Gasteiger partial charge is 0.352 e. The van der Waals surface area contributed by atoms with Gasteiger partial charge in [-0.05, 0) is 32.3 Å². The van der Waals surface area contributed by atoms with Crippen LogP contribution >= 0.6 is 0 Å². The second-order valence-corrected chi connectivity index (χ2v) is 5.77. The Balaban J connectivity index is 2.29. The number of hydrogen-bond donors (Lipinski definition) is 3. The fourth-order valence-corrected chi connectivity index (χ4v) is 3.16. The molecular weight excluding hydrogens is 272 g/mol. The summed E-state index contributed by atoms with van der Waals surface area (Å²) in [5.74, 6) is -1.31. The molecule has 0 bridgehead atoms. The minimum absolute atomic E-state index is 0.0495. The summed E-state index contributed by atoms with van der Waals surface area (Å²) < 4.78 is 0. The first kappa shape index (κ1) is 15.6. The minimum atomic E-state index is -1.07. The summed E-state index contributed by atoms with van der Waals surface area (Å²) in [5.41, 5.74) is 1.44. The van der Waals surface area contributed by atoms with Crippen molar-refractivity contribution < 1.29 is 19.8 Å². The van der Waals surface area contributed by atoms with Crippen LogP contribution in [0.2, 0.25) is 0 Å². The van der Waals surface area contributed by atoms with Gasteiger partial charge in [0.1, 0.15) is 5.69 Å². The SMILES string of the molecule is Cc1[nH]c(C(=O)O)c(C)c1C(=O)N(C)C1CCCCC1O. The molecule has 1 aromatic rings. The Hall–Kier alpha value is -1.82. The Labute approximate surface area is 123 Å². The molecule has 1 aliphatic carbocycles. The van der Waals surface area contributed by atoms with Crippen LogP contribution in [0.15, 0.2) is 0 Å². The Morgan fingerprint density at radius 1 is 1.24 bits per heavy atom. The first-order chi connectivity index (χ1) is 9.84. The molecule has 1 amide bonds. The number of aliphatic hydroxyl groups excluding tert-OH is 1. The highest BCUT2D eigenvalue weighted by molar-refractivity contribution is 6.00. The number of aromatic amines is 1. The molecule has 2 atom stereocenters. The zero-order valence-corrected chi connectivity index (χ0v) is 12.6. The molecule has 0 spiro atoms. The standard InChI is InChI=1S/C15H22N2O4/c1-8-12(9(2)16-13(8)15(20)21)14(19)17(3)10-6-4-5-7-11(10)18/h10-11,16,18H,4-7H2,1-3H3,(H,20,21). The summed E-state index contributed by atoms with van der Waals surface area (Å²) in [6.45, 7) is 3.32. The summed E-state index contributed by atoms with van der Waals surface area (Å²) in [4.78, 5) is 28.1. The van der Waals surface area contributed by atoms with Crippen molar-refractivity contribution in [3.63, 3.8) is 0 Å². The normalized spacial score (nSPS) is 22.1. The molecule has 1 aliphatic rings. The highest BCUT2D eigenvalue weighted by Gasteiger charge is 2.32. The molecule has 21 heavy (non-hydrogen) atoms. The molecule has 0 radical (unpaired) electrons. The number of carboxylic acid groups (broad SMARTS) is 1. The highest BCUT2D eigenvalue weighted by Crippen LogP contribution is 2.26. The number of amides is 1. The number of hydrogen-bond acceptors (Lipinski definition) is 3. The van der Waals surface area contributed by atoms with E-state index in [4.69, 9.17) is 5.11 Å². The topological polar surface area (TPSA) is 93.6 Å². The molecule has 1 saturated carbocycles. The Morgan fingerprint density at radius 2 is 1.86 bits per heavy atom. The molecule has 0 aromatic carbocycles. The van der Waals surface area contributed by atoms with Crippen LogP contribution in [0.5, 0.6) is 0 Å². The first-order valence-electron chi connectivity index (χ1n) is 7.22. The number of aryl methyl sites for hydroxylation is 1. The molecular formula is C15H22N2O4. The van der Waals surface area contributed by atoms with Crippen LogP contribution in [-0.2, 0) is 0 Å². The third-order valence-electron chi connectivity index (χ3n) is 4.38. The van der Waals surface area contributed by atoms with E-state index >= 15 is 0 Å². The van der Waals surface area contributed by atoms with E-state index in [1.807, 2.05) is 0 Å². The van der Waals surface area contributed by atoms with Gasteiger partial charge in [-0.1, -0.05) is 12.8 Å². The van der Waals surface area contributed by atoms with Crippen molar-refractivity contribution in [2.24, 2.45) is 0 Å². The van der Waals surface area contributed by atoms with Crippen molar-refractivity contribution in [3.8, 4) is 0 Å². The molecule has 2 unspecified atom stereocenters. The number of nitrogens with zero attached hydrogens (tertiary/aromatic N) is 1. The number of aromatic carboxylic acids is 1. The van der Waals surface area contributed by atoms with Gasteiger partial charge in [-0.15, -0.1) is 0 Å². The highest BCUT2D eigenvalue weighted by atomic mass is 16.4. The summed E-state index contributed by atoms with van der Waals surface area (Å²) in [6, 6.07) is -0.201. The van der Waals surface area contributed by atoms with Gasteiger partial charge in [0.15, 0.2) is 0 Å². The molecule has 3 N–H and O–H groups in total. The van der Waals surface area contributed by atoms with Gasteiger partial charge in [-0.3, -0.25) is 4.79 Å². The average molecular weight is 294 g/mol. The Kier molecular flexibility index (Phi) is 4.37. The number of aromatic nitrogens is 1. The van der Waals surface area contributed by atoms with Crippen LogP contribution in [0.4, 0.5) is 0 Å². The minimum Gasteiger partial charge on any atom is -0.477 e. The first-order valence-corrected chi connectivity index (χ1v) is 7.22. The summed E-state index contributed by atoms with van der Waals surface area (Å²) in [6.07, 6.45) is 2.94. The third kappa shape index (κ3) is 2.81. The zero-order valence-electron chi connectivity index (χ0n) is 12.6. The lowest BCUT2D eigenvalue weighted by Crippen LogP contribution is -2.46. The van der Waals surface area contributed by atoms with Gasteiger partial charge < -0.3 is 20.1 Å². The van der Waals surface area contributed by atoms with Crippen molar-refractivity contribution >= 4 is 11.9 Å². The lowest BCUT2D eigenvalue weighted by molar-refractivity contribution is 0.0267. The second-order valence-electron chi connectivity index (χ2n) is 5.77. The monoisotopic (exact) mass is 294 g/mol. The van der Waals surface area contributed by atoms with Crippen LogP contribution in [0.3, 0.4) is 0 Å². The maximum Gasteiger partial charge on any atom is 0.352 e. The molecule has 1 fully saturated rings. The van der Waals surface area contributed by atoms with E-state index in [2.05, 4.69) is 4.98 Å². The number of carbonyl (C=O) groups excluding carboxylic acids is 1.